The topological polar surface area (TPSA) is 50.4 Å². The third-order valence-electron chi connectivity index (χ3n) is 6.47. The number of Topliss-reactive ketones (excluding diaryl/α,β-unsaturated/α-hetero) is 1. The first-order valence-electron chi connectivity index (χ1n) is 11.0. The molecule has 2 N–H and O–H groups in total. The SMILES string of the molecule is COc1ccc([C@H]2CC(=O)C3=C(C2)Nc2ccccc2N[C@H]3c2ccccc2C(F)(F)F)cc1. The van der Waals surface area contributed by atoms with Crippen LogP contribution in [0.15, 0.2) is 84.1 Å². The van der Waals surface area contributed by atoms with E-state index >= 15 is 0 Å². The Morgan fingerprint density at radius 1 is 0.882 bits per heavy atom. The molecule has 0 spiro atoms. The van der Waals surface area contributed by atoms with Crippen LogP contribution in [0.3, 0.4) is 0 Å². The minimum Gasteiger partial charge on any atom is -0.497 e. The monoisotopic (exact) mass is 464 g/mol. The number of methoxy groups -OCH3 is 1. The number of para-hydroxylation sites is 2. The minimum absolute atomic E-state index is 0.0391. The van der Waals surface area contributed by atoms with Crippen molar-refractivity contribution in [2.45, 2.75) is 31.0 Å². The van der Waals surface area contributed by atoms with Gasteiger partial charge in [-0.05, 0) is 53.8 Å². The van der Waals surface area contributed by atoms with Gasteiger partial charge in [-0.1, -0.05) is 42.5 Å². The Balaban J connectivity index is 1.62. The number of allylic oxidation sites excluding steroid dienone is 1. The van der Waals surface area contributed by atoms with Crippen molar-refractivity contribution in [3.8, 4) is 5.75 Å². The number of hydrogen-bond acceptors (Lipinski definition) is 4. The van der Waals surface area contributed by atoms with Gasteiger partial charge in [-0.3, -0.25) is 4.79 Å². The lowest BCUT2D eigenvalue weighted by Gasteiger charge is -2.31. The molecule has 1 aliphatic heterocycles. The molecule has 3 aromatic rings. The summed E-state index contributed by atoms with van der Waals surface area (Å²) in [6.45, 7) is 0. The van der Waals surface area contributed by atoms with Crippen LogP contribution in [0.1, 0.15) is 41.5 Å². The second-order valence-corrected chi connectivity index (χ2v) is 8.53. The number of carbonyl (C=O) groups excluding carboxylic acids is 1. The molecule has 4 nitrogen and oxygen atoms in total. The van der Waals surface area contributed by atoms with Gasteiger partial charge in [-0.15, -0.1) is 0 Å². The lowest BCUT2D eigenvalue weighted by Crippen LogP contribution is -2.28. The summed E-state index contributed by atoms with van der Waals surface area (Å²) in [6, 6.07) is 19.4. The molecule has 1 heterocycles. The zero-order chi connectivity index (χ0) is 23.9. The third-order valence-corrected chi connectivity index (χ3v) is 6.47. The van der Waals surface area contributed by atoms with Crippen LogP contribution in [-0.4, -0.2) is 12.9 Å². The number of benzene rings is 3. The highest BCUT2D eigenvalue weighted by Gasteiger charge is 2.40. The Morgan fingerprint density at radius 2 is 1.56 bits per heavy atom. The predicted molar refractivity (Wildman–Crippen MR) is 125 cm³/mol. The molecule has 0 amide bonds. The predicted octanol–water partition coefficient (Wildman–Crippen LogP) is 6.69. The van der Waals surface area contributed by atoms with E-state index in [4.69, 9.17) is 4.74 Å². The van der Waals surface area contributed by atoms with Crippen LogP contribution < -0.4 is 15.4 Å². The fourth-order valence-corrected chi connectivity index (χ4v) is 4.84. The maximum atomic E-state index is 13.9. The zero-order valence-electron chi connectivity index (χ0n) is 18.4. The number of hydrogen-bond donors (Lipinski definition) is 2. The van der Waals surface area contributed by atoms with Crippen LogP contribution in [0.5, 0.6) is 5.75 Å². The molecule has 1 aliphatic carbocycles. The average molecular weight is 464 g/mol. The van der Waals surface area contributed by atoms with E-state index in [1.165, 1.54) is 12.1 Å². The molecular formula is C27H23F3N2O2. The largest absolute Gasteiger partial charge is 0.497 e. The number of alkyl halides is 3. The van der Waals surface area contributed by atoms with Gasteiger partial charge in [0.05, 0.1) is 30.1 Å². The molecule has 2 atom stereocenters. The second-order valence-electron chi connectivity index (χ2n) is 8.53. The van der Waals surface area contributed by atoms with Crippen LogP contribution in [0, 0.1) is 0 Å². The first kappa shape index (κ1) is 22.1. The highest BCUT2D eigenvalue weighted by Crippen LogP contribution is 2.46. The van der Waals surface area contributed by atoms with E-state index in [0.29, 0.717) is 23.4 Å². The van der Waals surface area contributed by atoms with Gasteiger partial charge < -0.3 is 15.4 Å². The lowest BCUT2D eigenvalue weighted by molar-refractivity contribution is -0.138. The van der Waals surface area contributed by atoms with Crippen molar-refractivity contribution in [2.24, 2.45) is 0 Å². The standard InChI is InChI=1S/C27H23F3N2O2/c1-34-18-12-10-16(11-13-18)17-14-23-25(24(33)15-17)26(32-22-9-5-4-8-21(22)31-23)19-6-2-3-7-20(19)27(28,29)30/h2-13,17,26,31-32H,14-15H2,1H3/t17-,26+/m1/s1. The molecule has 0 bridgehead atoms. The van der Waals surface area contributed by atoms with Gasteiger partial charge in [0.25, 0.3) is 0 Å². The minimum atomic E-state index is -4.54. The van der Waals surface area contributed by atoms with E-state index in [2.05, 4.69) is 10.6 Å². The summed E-state index contributed by atoms with van der Waals surface area (Å²) in [5.74, 6) is 0.464. The highest BCUT2D eigenvalue weighted by molar-refractivity contribution is 6.01. The molecule has 0 unspecified atom stereocenters. The first-order valence-corrected chi connectivity index (χ1v) is 11.0. The molecule has 34 heavy (non-hydrogen) atoms. The van der Waals surface area contributed by atoms with E-state index in [1.54, 1.807) is 19.2 Å². The number of carbonyl (C=O) groups is 1. The highest BCUT2D eigenvalue weighted by atomic mass is 19.4. The number of fused-ring (bicyclic) bond motifs is 1. The fraction of sp³-hybridized carbons (Fsp3) is 0.222. The van der Waals surface area contributed by atoms with Gasteiger partial charge in [-0.25, -0.2) is 0 Å². The summed E-state index contributed by atoms with van der Waals surface area (Å²) < 4.78 is 47.0. The van der Waals surface area contributed by atoms with Gasteiger partial charge in [0.2, 0.25) is 0 Å². The molecule has 0 fully saturated rings. The van der Waals surface area contributed by atoms with Gasteiger partial charge in [0.1, 0.15) is 5.75 Å². The van der Waals surface area contributed by atoms with Crippen LogP contribution in [0.4, 0.5) is 24.5 Å². The Kier molecular flexibility index (Phi) is 5.55. The Morgan fingerprint density at radius 3 is 2.26 bits per heavy atom. The zero-order valence-corrected chi connectivity index (χ0v) is 18.4. The summed E-state index contributed by atoms with van der Waals surface area (Å²) in [5.41, 5.74) is 2.66. The van der Waals surface area contributed by atoms with Crippen LogP contribution in [0.25, 0.3) is 0 Å². The van der Waals surface area contributed by atoms with Crippen molar-refractivity contribution in [3.63, 3.8) is 0 Å². The van der Waals surface area contributed by atoms with Crippen molar-refractivity contribution < 1.29 is 22.7 Å². The van der Waals surface area contributed by atoms with Crippen LogP contribution in [-0.2, 0) is 11.0 Å². The van der Waals surface area contributed by atoms with E-state index in [-0.39, 0.29) is 23.7 Å². The molecular weight excluding hydrogens is 441 g/mol. The molecule has 5 rings (SSSR count). The lowest BCUT2D eigenvalue weighted by atomic mass is 9.78. The van der Waals surface area contributed by atoms with Gasteiger partial charge in [0.15, 0.2) is 5.78 Å². The number of ether oxygens (including phenoxy) is 1. The number of halogens is 3. The summed E-state index contributed by atoms with van der Waals surface area (Å²) in [6.07, 6.45) is -3.81. The molecule has 2 aliphatic rings. The Bertz CT molecular complexity index is 1270. The van der Waals surface area contributed by atoms with Crippen LogP contribution >= 0.6 is 0 Å². The second kappa shape index (κ2) is 8.56. The van der Waals surface area contributed by atoms with Crippen LogP contribution in [0.2, 0.25) is 0 Å². The van der Waals surface area contributed by atoms with Gasteiger partial charge >= 0.3 is 6.18 Å². The number of rotatable bonds is 3. The molecule has 0 saturated heterocycles. The quantitative estimate of drug-likeness (QED) is 0.453. The van der Waals surface area contributed by atoms with Gasteiger partial charge in [-0.2, -0.15) is 13.2 Å². The molecule has 174 valence electrons. The third kappa shape index (κ3) is 4.02. The van der Waals surface area contributed by atoms with E-state index in [0.717, 1.165) is 23.1 Å². The molecule has 7 heteroatoms. The number of anilines is 2. The molecule has 3 aromatic carbocycles. The Hall–Kier alpha value is -3.74. The summed E-state index contributed by atoms with van der Waals surface area (Å²) in [7, 11) is 1.59. The van der Waals surface area contributed by atoms with Crippen molar-refractivity contribution in [1.82, 2.24) is 0 Å². The van der Waals surface area contributed by atoms with Crippen molar-refractivity contribution >= 4 is 17.2 Å². The normalized spacial score (nSPS) is 19.9. The smallest absolute Gasteiger partial charge is 0.416 e. The molecule has 0 aromatic heterocycles. The summed E-state index contributed by atoms with van der Waals surface area (Å²) in [5, 5.41) is 6.59. The number of ketones is 1. The van der Waals surface area contributed by atoms with E-state index in [9.17, 15) is 18.0 Å². The summed E-state index contributed by atoms with van der Waals surface area (Å²) in [4.78, 5) is 13.5. The Labute approximate surface area is 195 Å². The summed E-state index contributed by atoms with van der Waals surface area (Å²) >= 11 is 0. The van der Waals surface area contributed by atoms with Gasteiger partial charge in [0, 0.05) is 17.7 Å². The number of nitrogens with one attached hydrogen (secondary N) is 2. The van der Waals surface area contributed by atoms with E-state index < -0.39 is 17.8 Å². The van der Waals surface area contributed by atoms with Crippen molar-refractivity contribution in [3.05, 3.63) is 101 Å². The van der Waals surface area contributed by atoms with Crippen molar-refractivity contribution in [2.75, 3.05) is 17.7 Å². The average Bonchev–Trinajstić information content (AvgIpc) is 3.00. The van der Waals surface area contributed by atoms with Crippen molar-refractivity contribution in [1.29, 1.82) is 0 Å². The maximum absolute atomic E-state index is 13.9. The molecule has 0 saturated carbocycles. The van der Waals surface area contributed by atoms with E-state index in [1.807, 2.05) is 42.5 Å². The first-order chi connectivity index (χ1) is 16.3. The molecule has 0 radical (unpaired) electrons. The maximum Gasteiger partial charge on any atom is 0.416 e. The fourth-order valence-electron chi connectivity index (χ4n) is 4.84.